The topological polar surface area (TPSA) is 62.3 Å². The van der Waals surface area contributed by atoms with Crippen LogP contribution in [0.1, 0.15) is 5.69 Å². The van der Waals surface area contributed by atoms with Gasteiger partial charge in [0.15, 0.2) is 5.69 Å². The standard InChI is InChI=1S/C16H11ClF3N3O2S/c17-11-3-1-10(2-4-11)14-9-15(16(18,19)20)22-23(14)12-5-7-13(8-6-12)26-25-24-21/h1-9H,21H2. The van der Waals surface area contributed by atoms with Crippen molar-refractivity contribution < 1.29 is 22.5 Å². The van der Waals surface area contributed by atoms with E-state index in [9.17, 15) is 13.2 Å². The fourth-order valence-electron chi connectivity index (χ4n) is 2.24. The summed E-state index contributed by atoms with van der Waals surface area (Å²) in [4.78, 5) is 4.65. The van der Waals surface area contributed by atoms with Crippen LogP contribution in [-0.4, -0.2) is 9.78 Å². The van der Waals surface area contributed by atoms with Crippen molar-refractivity contribution in [2.75, 3.05) is 0 Å². The van der Waals surface area contributed by atoms with Crippen molar-refractivity contribution in [3.8, 4) is 16.9 Å². The third-order valence-corrected chi connectivity index (χ3v) is 4.25. The van der Waals surface area contributed by atoms with Crippen LogP contribution in [0.3, 0.4) is 0 Å². The Morgan fingerprint density at radius 3 is 2.27 bits per heavy atom. The molecule has 10 heteroatoms. The van der Waals surface area contributed by atoms with Gasteiger partial charge in [0.25, 0.3) is 0 Å². The molecule has 2 aromatic carbocycles. The van der Waals surface area contributed by atoms with Crippen molar-refractivity contribution in [1.82, 2.24) is 9.78 Å². The number of alkyl halides is 3. The molecule has 0 radical (unpaired) electrons. The highest BCUT2D eigenvalue weighted by molar-refractivity contribution is 7.94. The highest BCUT2D eigenvalue weighted by Gasteiger charge is 2.35. The molecule has 3 rings (SSSR count). The van der Waals surface area contributed by atoms with Crippen LogP contribution in [0.2, 0.25) is 5.02 Å². The lowest BCUT2D eigenvalue weighted by Gasteiger charge is -2.08. The molecule has 2 N–H and O–H groups in total. The van der Waals surface area contributed by atoms with Gasteiger partial charge in [-0.15, -0.1) is 9.32 Å². The molecule has 0 fully saturated rings. The van der Waals surface area contributed by atoms with E-state index < -0.39 is 11.9 Å². The number of nitrogens with two attached hydrogens (primary N) is 1. The molecule has 26 heavy (non-hydrogen) atoms. The molecule has 0 aliphatic carbocycles. The van der Waals surface area contributed by atoms with E-state index in [4.69, 9.17) is 17.5 Å². The third-order valence-electron chi connectivity index (χ3n) is 3.39. The molecule has 5 nitrogen and oxygen atoms in total. The normalized spacial score (nSPS) is 11.7. The Morgan fingerprint density at radius 1 is 1.04 bits per heavy atom. The van der Waals surface area contributed by atoms with Gasteiger partial charge >= 0.3 is 6.18 Å². The second kappa shape index (κ2) is 7.68. The molecule has 0 bridgehead atoms. The van der Waals surface area contributed by atoms with Crippen LogP contribution in [0.15, 0.2) is 59.5 Å². The Morgan fingerprint density at radius 2 is 1.69 bits per heavy atom. The van der Waals surface area contributed by atoms with E-state index in [0.29, 0.717) is 21.2 Å². The first-order chi connectivity index (χ1) is 12.4. The second-order valence-corrected chi connectivity index (χ2v) is 6.28. The summed E-state index contributed by atoms with van der Waals surface area (Å²) in [5, 5.41) is 4.20. The molecule has 0 atom stereocenters. The van der Waals surface area contributed by atoms with Gasteiger partial charge in [-0.25, -0.2) is 4.68 Å². The minimum atomic E-state index is -4.56. The summed E-state index contributed by atoms with van der Waals surface area (Å²) in [7, 11) is 0. The maximum Gasteiger partial charge on any atom is 0.435 e. The molecule has 136 valence electrons. The average molecular weight is 402 g/mol. The van der Waals surface area contributed by atoms with E-state index in [1.807, 2.05) is 0 Å². The van der Waals surface area contributed by atoms with Crippen LogP contribution in [0.25, 0.3) is 16.9 Å². The van der Waals surface area contributed by atoms with Crippen molar-refractivity contribution in [1.29, 1.82) is 0 Å². The van der Waals surface area contributed by atoms with Gasteiger partial charge in [0.1, 0.15) is 0 Å². The maximum absolute atomic E-state index is 13.1. The van der Waals surface area contributed by atoms with Crippen molar-refractivity contribution in [2.24, 2.45) is 5.90 Å². The lowest BCUT2D eigenvalue weighted by molar-refractivity contribution is -0.195. The molecule has 0 saturated carbocycles. The first-order valence-electron chi connectivity index (χ1n) is 7.12. The Balaban J connectivity index is 2.04. The number of benzene rings is 2. The first-order valence-corrected chi connectivity index (χ1v) is 8.24. The lowest BCUT2D eigenvalue weighted by atomic mass is 10.1. The lowest BCUT2D eigenvalue weighted by Crippen LogP contribution is -2.07. The summed E-state index contributed by atoms with van der Waals surface area (Å²) >= 11 is 6.72. The third kappa shape index (κ3) is 4.19. The molecule has 0 saturated heterocycles. The zero-order valence-corrected chi connectivity index (χ0v) is 14.5. The summed E-state index contributed by atoms with van der Waals surface area (Å²) in [5.41, 5.74) is 0.302. The molecule has 1 heterocycles. The minimum absolute atomic E-state index is 0.288. The minimum Gasteiger partial charge on any atom is -0.233 e. The van der Waals surface area contributed by atoms with Crippen molar-refractivity contribution >= 4 is 23.6 Å². The van der Waals surface area contributed by atoms with Gasteiger partial charge in [0.05, 0.1) is 23.4 Å². The summed E-state index contributed by atoms with van der Waals surface area (Å²) < 4.78 is 45.2. The largest absolute Gasteiger partial charge is 0.435 e. The molecule has 0 amide bonds. The predicted molar refractivity (Wildman–Crippen MR) is 91.2 cm³/mol. The molecule has 0 aliphatic heterocycles. The van der Waals surface area contributed by atoms with Crippen LogP contribution >= 0.6 is 23.6 Å². The number of halogens is 4. The van der Waals surface area contributed by atoms with Crippen LogP contribution in [0.4, 0.5) is 13.2 Å². The van der Waals surface area contributed by atoms with Crippen LogP contribution < -0.4 is 5.90 Å². The maximum atomic E-state index is 13.1. The summed E-state index contributed by atoms with van der Waals surface area (Å²) in [6.07, 6.45) is -4.56. The highest BCUT2D eigenvalue weighted by Crippen LogP contribution is 2.34. The van der Waals surface area contributed by atoms with Gasteiger partial charge in [0.2, 0.25) is 0 Å². The van der Waals surface area contributed by atoms with Gasteiger partial charge in [0, 0.05) is 15.5 Å². The molecule has 0 spiro atoms. The Hall–Kier alpha value is -2.04. The SMILES string of the molecule is NOOSc1ccc(-n2nc(C(F)(F)F)cc2-c2ccc(Cl)cc2)cc1. The van der Waals surface area contributed by atoms with Crippen molar-refractivity contribution in [2.45, 2.75) is 11.1 Å². The van der Waals surface area contributed by atoms with E-state index in [0.717, 1.165) is 18.1 Å². The van der Waals surface area contributed by atoms with E-state index in [2.05, 4.69) is 14.4 Å². The predicted octanol–water partition coefficient (Wildman–Crippen LogP) is 5.04. The Bertz CT molecular complexity index is 883. The smallest absolute Gasteiger partial charge is 0.233 e. The molecule has 0 aliphatic rings. The van der Waals surface area contributed by atoms with Gasteiger partial charge in [-0.05, 0) is 42.5 Å². The van der Waals surface area contributed by atoms with Gasteiger partial charge in [-0.1, -0.05) is 23.7 Å². The number of aromatic nitrogens is 2. The molecule has 3 aromatic rings. The molecule has 1 aromatic heterocycles. The summed E-state index contributed by atoms with van der Waals surface area (Å²) in [6.45, 7) is 0. The van der Waals surface area contributed by atoms with E-state index >= 15 is 0 Å². The molecular weight excluding hydrogens is 391 g/mol. The summed E-state index contributed by atoms with van der Waals surface area (Å²) in [5.74, 6) is 4.76. The van der Waals surface area contributed by atoms with E-state index in [-0.39, 0.29) is 5.69 Å². The fourth-order valence-corrected chi connectivity index (χ4v) is 2.74. The van der Waals surface area contributed by atoms with Crippen molar-refractivity contribution in [3.05, 3.63) is 65.3 Å². The Labute approximate surface area is 155 Å². The fraction of sp³-hybridized carbons (Fsp3) is 0.0625. The van der Waals surface area contributed by atoms with Crippen LogP contribution in [0, 0.1) is 0 Å². The zero-order chi connectivity index (χ0) is 18.7. The number of hydrogen-bond donors (Lipinski definition) is 1. The first kappa shape index (κ1) is 18.7. The van der Waals surface area contributed by atoms with E-state index in [1.165, 1.54) is 4.68 Å². The average Bonchev–Trinajstić information content (AvgIpc) is 3.07. The quantitative estimate of drug-likeness (QED) is 0.368. The van der Waals surface area contributed by atoms with Gasteiger partial charge in [-0.2, -0.15) is 24.2 Å². The monoisotopic (exact) mass is 401 g/mol. The van der Waals surface area contributed by atoms with E-state index in [1.54, 1.807) is 48.5 Å². The number of nitrogens with zero attached hydrogens (tertiary/aromatic N) is 2. The molecular formula is C16H11ClF3N3O2S. The second-order valence-electron chi connectivity index (χ2n) is 5.07. The van der Waals surface area contributed by atoms with Crippen LogP contribution in [0.5, 0.6) is 0 Å². The van der Waals surface area contributed by atoms with Crippen LogP contribution in [-0.2, 0) is 15.5 Å². The Kier molecular flexibility index (Phi) is 5.54. The molecule has 0 unspecified atom stereocenters. The number of rotatable bonds is 5. The zero-order valence-electron chi connectivity index (χ0n) is 12.9. The van der Waals surface area contributed by atoms with Gasteiger partial charge in [-0.3, -0.25) is 0 Å². The summed E-state index contributed by atoms with van der Waals surface area (Å²) in [6, 6.07) is 14.0. The highest BCUT2D eigenvalue weighted by atomic mass is 35.5. The van der Waals surface area contributed by atoms with Crippen molar-refractivity contribution in [3.63, 3.8) is 0 Å². The van der Waals surface area contributed by atoms with Gasteiger partial charge < -0.3 is 0 Å². The number of hydrogen-bond acceptors (Lipinski definition) is 5.